The number of nitrogens with zero attached hydrogens (tertiary/aromatic N) is 2. The number of benzene rings is 1. The molecule has 0 radical (unpaired) electrons. The zero-order chi connectivity index (χ0) is 11.3. The van der Waals surface area contributed by atoms with Gasteiger partial charge in [-0.25, -0.2) is 4.68 Å². The Hall–Kier alpha value is -1.29. The largest absolute Gasteiger partial charge is 0.466 e. The summed E-state index contributed by atoms with van der Waals surface area (Å²) < 4.78 is 8.88. The Morgan fingerprint density at radius 2 is 2.12 bits per heavy atom. The van der Waals surface area contributed by atoms with E-state index in [9.17, 15) is 0 Å². The molecule has 82 valence electrons. The summed E-state index contributed by atoms with van der Waals surface area (Å²) in [6, 6.07) is 8.06. The zero-order valence-corrected chi connectivity index (χ0v) is 10.7. The van der Waals surface area contributed by atoms with Gasteiger partial charge in [0.05, 0.1) is 5.69 Å². The maximum absolute atomic E-state index is 5.96. The summed E-state index contributed by atoms with van der Waals surface area (Å²) >= 11 is 3.46. The smallest absolute Gasteiger partial charge is 0.197 e. The van der Waals surface area contributed by atoms with E-state index in [1.807, 2.05) is 42.8 Å². The molecular formula is C12H11BrN2O. The predicted molar refractivity (Wildman–Crippen MR) is 65.3 cm³/mol. The molecule has 1 aliphatic rings. The van der Waals surface area contributed by atoms with Crippen LogP contribution in [0.1, 0.15) is 13.8 Å². The van der Waals surface area contributed by atoms with E-state index in [-0.39, 0.29) is 0 Å². The molecule has 0 unspecified atom stereocenters. The van der Waals surface area contributed by atoms with E-state index in [4.69, 9.17) is 4.74 Å². The maximum atomic E-state index is 5.96. The molecule has 0 saturated heterocycles. The first-order valence-corrected chi connectivity index (χ1v) is 5.91. The van der Waals surface area contributed by atoms with Gasteiger partial charge in [-0.3, -0.25) is 0 Å². The summed E-state index contributed by atoms with van der Waals surface area (Å²) in [4.78, 5) is 0. The highest BCUT2D eigenvalue weighted by atomic mass is 79.9. The fourth-order valence-electron chi connectivity index (χ4n) is 2.04. The van der Waals surface area contributed by atoms with E-state index in [2.05, 4.69) is 21.0 Å². The number of fused-ring (bicyclic) bond motifs is 3. The maximum Gasteiger partial charge on any atom is 0.197 e. The molecule has 0 amide bonds. The fourth-order valence-corrected chi connectivity index (χ4v) is 2.38. The minimum absolute atomic E-state index is 0.438. The number of ether oxygens (including phenoxy) is 1. The molecule has 16 heavy (non-hydrogen) atoms. The number of halogens is 1. The first-order chi connectivity index (χ1) is 7.58. The molecule has 0 aliphatic carbocycles. The molecule has 0 bridgehead atoms. The zero-order valence-electron chi connectivity index (χ0n) is 9.07. The van der Waals surface area contributed by atoms with Crippen LogP contribution in [0.5, 0.6) is 5.75 Å². The standard InChI is InChI=1S/C12H11BrN2O/c1-12(2)15-10(5-6-14-15)9-4-3-8(13)7-11(9)16-12/h3-7H,1-2H3. The number of rotatable bonds is 0. The lowest BCUT2D eigenvalue weighted by atomic mass is 10.1. The van der Waals surface area contributed by atoms with Gasteiger partial charge in [0.25, 0.3) is 0 Å². The summed E-state index contributed by atoms with van der Waals surface area (Å²) in [5, 5.41) is 4.31. The van der Waals surface area contributed by atoms with Crippen LogP contribution in [0.2, 0.25) is 0 Å². The van der Waals surface area contributed by atoms with Crippen LogP contribution in [-0.4, -0.2) is 9.78 Å². The van der Waals surface area contributed by atoms with Gasteiger partial charge in [0.1, 0.15) is 5.75 Å². The Labute approximate surface area is 102 Å². The summed E-state index contributed by atoms with van der Waals surface area (Å²) in [7, 11) is 0. The van der Waals surface area contributed by atoms with E-state index >= 15 is 0 Å². The molecule has 1 aromatic heterocycles. The number of hydrogen-bond acceptors (Lipinski definition) is 2. The van der Waals surface area contributed by atoms with Crippen molar-refractivity contribution in [1.82, 2.24) is 9.78 Å². The van der Waals surface area contributed by atoms with Gasteiger partial charge in [0.2, 0.25) is 0 Å². The minimum Gasteiger partial charge on any atom is -0.466 e. The highest BCUT2D eigenvalue weighted by Gasteiger charge is 2.32. The van der Waals surface area contributed by atoms with E-state index < -0.39 is 5.72 Å². The highest BCUT2D eigenvalue weighted by Crippen LogP contribution is 2.41. The van der Waals surface area contributed by atoms with Crippen molar-refractivity contribution in [2.75, 3.05) is 0 Å². The predicted octanol–water partition coefficient (Wildman–Crippen LogP) is 3.40. The molecule has 0 fully saturated rings. The van der Waals surface area contributed by atoms with Crippen molar-refractivity contribution in [2.45, 2.75) is 19.6 Å². The van der Waals surface area contributed by atoms with Crippen LogP contribution in [-0.2, 0) is 5.72 Å². The first-order valence-electron chi connectivity index (χ1n) is 5.11. The third kappa shape index (κ3) is 1.29. The molecule has 2 aromatic rings. The van der Waals surface area contributed by atoms with Gasteiger partial charge in [-0.1, -0.05) is 15.9 Å². The molecule has 0 atom stereocenters. The Morgan fingerprint density at radius 3 is 2.94 bits per heavy atom. The molecule has 0 saturated carbocycles. The lowest BCUT2D eigenvalue weighted by molar-refractivity contribution is 0.0139. The number of aromatic nitrogens is 2. The van der Waals surface area contributed by atoms with Crippen LogP contribution in [0, 0.1) is 0 Å². The topological polar surface area (TPSA) is 27.1 Å². The van der Waals surface area contributed by atoms with Gasteiger partial charge in [0.15, 0.2) is 5.72 Å². The minimum atomic E-state index is -0.438. The summed E-state index contributed by atoms with van der Waals surface area (Å²) in [6.45, 7) is 4.01. The van der Waals surface area contributed by atoms with Crippen LogP contribution in [0.15, 0.2) is 34.9 Å². The van der Waals surface area contributed by atoms with E-state index in [1.54, 1.807) is 6.20 Å². The second-order valence-corrected chi connectivity index (χ2v) is 5.23. The van der Waals surface area contributed by atoms with Crippen molar-refractivity contribution in [1.29, 1.82) is 0 Å². The van der Waals surface area contributed by atoms with Gasteiger partial charge < -0.3 is 4.74 Å². The Bertz CT molecular complexity index is 560. The van der Waals surface area contributed by atoms with E-state index in [0.717, 1.165) is 21.5 Å². The average Bonchev–Trinajstić information content (AvgIpc) is 2.65. The highest BCUT2D eigenvalue weighted by molar-refractivity contribution is 9.10. The van der Waals surface area contributed by atoms with Crippen molar-refractivity contribution in [3.63, 3.8) is 0 Å². The average molecular weight is 279 g/mol. The third-order valence-electron chi connectivity index (χ3n) is 2.73. The molecular weight excluding hydrogens is 268 g/mol. The normalized spacial score (nSPS) is 16.2. The van der Waals surface area contributed by atoms with Gasteiger partial charge in [-0.2, -0.15) is 5.10 Å². The molecule has 4 heteroatoms. The van der Waals surface area contributed by atoms with E-state index in [1.165, 1.54) is 0 Å². The number of hydrogen-bond donors (Lipinski definition) is 0. The van der Waals surface area contributed by atoms with E-state index in [0.29, 0.717) is 0 Å². The van der Waals surface area contributed by atoms with Crippen molar-refractivity contribution in [2.24, 2.45) is 0 Å². The molecule has 3 rings (SSSR count). The SMILES string of the molecule is CC1(C)Oc2cc(Br)ccc2-c2ccnn21. The van der Waals surface area contributed by atoms with Crippen LogP contribution in [0.3, 0.4) is 0 Å². The molecule has 0 spiro atoms. The Kier molecular flexibility index (Phi) is 1.92. The molecule has 3 nitrogen and oxygen atoms in total. The van der Waals surface area contributed by atoms with Gasteiger partial charge in [-0.05, 0) is 38.1 Å². The van der Waals surface area contributed by atoms with Gasteiger partial charge in [-0.15, -0.1) is 0 Å². The summed E-state index contributed by atoms with van der Waals surface area (Å²) in [5.41, 5.74) is 1.74. The Balaban J connectivity index is 2.30. The van der Waals surface area contributed by atoms with Crippen molar-refractivity contribution >= 4 is 15.9 Å². The van der Waals surface area contributed by atoms with Crippen molar-refractivity contribution in [3.8, 4) is 17.0 Å². The monoisotopic (exact) mass is 278 g/mol. The summed E-state index contributed by atoms with van der Waals surface area (Å²) in [6.07, 6.45) is 1.80. The fraction of sp³-hybridized carbons (Fsp3) is 0.250. The molecule has 2 heterocycles. The van der Waals surface area contributed by atoms with Crippen LogP contribution < -0.4 is 4.74 Å². The van der Waals surface area contributed by atoms with Crippen LogP contribution in [0.4, 0.5) is 0 Å². The van der Waals surface area contributed by atoms with Crippen LogP contribution >= 0.6 is 15.9 Å². The molecule has 0 N–H and O–H groups in total. The van der Waals surface area contributed by atoms with Crippen LogP contribution in [0.25, 0.3) is 11.3 Å². The lowest BCUT2D eigenvalue weighted by Gasteiger charge is -2.34. The quantitative estimate of drug-likeness (QED) is 0.739. The molecule has 1 aliphatic heterocycles. The molecule has 1 aromatic carbocycles. The second kappa shape index (κ2) is 3.10. The third-order valence-corrected chi connectivity index (χ3v) is 3.23. The van der Waals surface area contributed by atoms with Gasteiger partial charge in [0, 0.05) is 16.2 Å². The second-order valence-electron chi connectivity index (χ2n) is 4.32. The lowest BCUT2D eigenvalue weighted by Crippen LogP contribution is -2.37. The van der Waals surface area contributed by atoms with Crippen molar-refractivity contribution < 1.29 is 4.74 Å². The first kappa shape index (κ1) is 9.90. The van der Waals surface area contributed by atoms with Crippen molar-refractivity contribution in [3.05, 3.63) is 34.9 Å². The Morgan fingerprint density at radius 1 is 1.31 bits per heavy atom. The van der Waals surface area contributed by atoms with Gasteiger partial charge >= 0.3 is 0 Å². The summed E-state index contributed by atoms with van der Waals surface area (Å²) in [5.74, 6) is 0.896.